The number of carbonyl (C=O) groups is 1. The van der Waals surface area contributed by atoms with Crippen molar-refractivity contribution in [1.82, 2.24) is 5.32 Å². The van der Waals surface area contributed by atoms with Gasteiger partial charge in [-0.3, -0.25) is 4.79 Å². The number of amides is 1. The lowest BCUT2D eigenvalue weighted by atomic mass is 9.99. The van der Waals surface area contributed by atoms with Crippen molar-refractivity contribution in [2.45, 2.75) is 262 Å². The Morgan fingerprint density at radius 1 is 0.523 bits per heavy atom. The number of carbonyl (C=O) groups excluding carboxylic acids is 1. The van der Waals surface area contributed by atoms with E-state index < -0.39 is 49.5 Å². The molecule has 376 valence electrons. The van der Waals surface area contributed by atoms with Crippen LogP contribution in [0.25, 0.3) is 0 Å². The molecule has 1 rings (SSSR count). The number of aliphatic hydroxyl groups excluding tert-OH is 5. The molecule has 0 spiro atoms. The number of rotatable bonds is 44. The van der Waals surface area contributed by atoms with Crippen LogP contribution in [0.15, 0.2) is 72.9 Å². The first-order chi connectivity index (χ1) is 31.8. The molecule has 1 amide bonds. The second kappa shape index (κ2) is 45.4. The Kier molecular flexibility index (Phi) is 42.4. The Hall–Kier alpha value is -2.37. The third kappa shape index (κ3) is 35.4. The van der Waals surface area contributed by atoms with Crippen LogP contribution in [-0.4, -0.2) is 87.5 Å². The summed E-state index contributed by atoms with van der Waals surface area (Å²) in [5, 5.41) is 54.3. The summed E-state index contributed by atoms with van der Waals surface area (Å²) in [7, 11) is 0. The number of hydrogen-bond donors (Lipinski definition) is 6. The molecule has 7 atom stereocenters. The van der Waals surface area contributed by atoms with Crippen molar-refractivity contribution >= 4 is 5.91 Å². The lowest BCUT2D eigenvalue weighted by Crippen LogP contribution is -2.60. The predicted molar refractivity (Wildman–Crippen MR) is 272 cm³/mol. The van der Waals surface area contributed by atoms with Crippen LogP contribution < -0.4 is 5.32 Å². The SMILES string of the molecule is CCCCCCC/C=C\C/C=C\C/C=C\CCCCCCCCCCCCC(=O)NC(COC1OC(CO)C(O)C(O)C1O)C(O)/C=C/CC/C=C/CC/C=C/CCCCCCCCC. The molecule has 1 heterocycles. The standard InChI is InChI=1S/C56H99NO8/c1-3-5-7-9-11-13-15-17-19-21-22-23-24-25-26-27-28-30-32-34-36-38-40-42-44-46-52(60)57-49(48-64-56-55(63)54(62)53(61)51(47-58)65-56)50(59)45-43-41-39-37-35-33-31-29-20-18-16-14-12-10-8-6-4-2/h15,17,20-22,24-25,29,35,37,43,45,49-51,53-56,58-59,61-63H,3-14,16,18-19,23,26-28,30-34,36,38-42,44,46-48H2,1-2H3,(H,57,60)/b17-15-,22-21-,25-24-,29-20+,37-35+,45-43+. The van der Waals surface area contributed by atoms with Crippen molar-refractivity contribution in [2.75, 3.05) is 13.2 Å². The lowest BCUT2D eigenvalue weighted by molar-refractivity contribution is -0.302. The second-order valence-electron chi connectivity index (χ2n) is 18.3. The van der Waals surface area contributed by atoms with Gasteiger partial charge in [-0.1, -0.05) is 202 Å². The molecule has 0 aromatic heterocycles. The molecule has 1 aliphatic rings. The molecular weight excluding hydrogens is 815 g/mol. The molecule has 0 radical (unpaired) electrons. The third-order valence-electron chi connectivity index (χ3n) is 12.2. The van der Waals surface area contributed by atoms with Crippen LogP contribution in [0, 0.1) is 0 Å². The fourth-order valence-electron chi connectivity index (χ4n) is 7.96. The Bertz CT molecular complexity index is 1240. The van der Waals surface area contributed by atoms with Crippen molar-refractivity contribution in [3.8, 4) is 0 Å². The Morgan fingerprint density at radius 2 is 0.923 bits per heavy atom. The van der Waals surface area contributed by atoms with E-state index in [0.717, 1.165) is 77.0 Å². The molecular formula is C56H99NO8. The van der Waals surface area contributed by atoms with Gasteiger partial charge in [0.05, 0.1) is 25.4 Å². The van der Waals surface area contributed by atoms with E-state index in [-0.39, 0.29) is 12.5 Å². The summed E-state index contributed by atoms with van der Waals surface area (Å²) in [5.41, 5.74) is 0. The highest BCUT2D eigenvalue weighted by Crippen LogP contribution is 2.22. The van der Waals surface area contributed by atoms with Crippen molar-refractivity contribution in [2.24, 2.45) is 0 Å². The van der Waals surface area contributed by atoms with Crippen molar-refractivity contribution in [3.05, 3.63) is 72.9 Å². The van der Waals surface area contributed by atoms with Crippen molar-refractivity contribution < 1.29 is 39.8 Å². The first-order valence-electron chi connectivity index (χ1n) is 26.7. The van der Waals surface area contributed by atoms with Gasteiger partial charge in [0.1, 0.15) is 24.4 Å². The van der Waals surface area contributed by atoms with Gasteiger partial charge in [-0.15, -0.1) is 0 Å². The van der Waals surface area contributed by atoms with E-state index >= 15 is 0 Å². The first kappa shape index (κ1) is 60.6. The van der Waals surface area contributed by atoms with Gasteiger partial charge in [0.25, 0.3) is 0 Å². The minimum Gasteiger partial charge on any atom is -0.394 e. The number of unbranched alkanes of at least 4 members (excludes halogenated alkanes) is 24. The highest BCUT2D eigenvalue weighted by Gasteiger charge is 2.44. The molecule has 0 saturated carbocycles. The summed E-state index contributed by atoms with van der Waals surface area (Å²) >= 11 is 0. The molecule has 9 heteroatoms. The van der Waals surface area contributed by atoms with Crippen molar-refractivity contribution in [3.63, 3.8) is 0 Å². The van der Waals surface area contributed by atoms with Gasteiger partial charge in [-0.05, 0) is 83.5 Å². The number of hydrogen-bond acceptors (Lipinski definition) is 8. The van der Waals surface area contributed by atoms with E-state index in [1.165, 1.54) is 122 Å². The average Bonchev–Trinajstić information content (AvgIpc) is 3.31. The van der Waals surface area contributed by atoms with Crippen molar-refractivity contribution in [1.29, 1.82) is 0 Å². The number of allylic oxidation sites excluding steroid dienone is 11. The highest BCUT2D eigenvalue weighted by molar-refractivity contribution is 5.76. The zero-order valence-corrected chi connectivity index (χ0v) is 41.5. The van der Waals surface area contributed by atoms with Crippen LogP contribution in [-0.2, 0) is 14.3 Å². The van der Waals surface area contributed by atoms with E-state index in [2.05, 4.69) is 79.9 Å². The van der Waals surface area contributed by atoms with Crippen LogP contribution in [0.4, 0.5) is 0 Å². The Labute approximate surface area is 398 Å². The molecule has 6 N–H and O–H groups in total. The molecule has 0 aromatic rings. The molecule has 1 fully saturated rings. The maximum Gasteiger partial charge on any atom is 0.220 e. The molecule has 7 unspecified atom stereocenters. The smallest absolute Gasteiger partial charge is 0.220 e. The van der Waals surface area contributed by atoms with Gasteiger partial charge in [0.2, 0.25) is 5.91 Å². The second-order valence-corrected chi connectivity index (χ2v) is 18.3. The minimum absolute atomic E-state index is 0.197. The van der Waals surface area contributed by atoms with E-state index in [0.29, 0.717) is 6.42 Å². The van der Waals surface area contributed by atoms with Gasteiger partial charge >= 0.3 is 0 Å². The fourth-order valence-corrected chi connectivity index (χ4v) is 7.96. The highest BCUT2D eigenvalue weighted by atomic mass is 16.7. The summed E-state index contributed by atoms with van der Waals surface area (Å²) in [6, 6.07) is -0.834. The van der Waals surface area contributed by atoms with E-state index in [4.69, 9.17) is 9.47 Å². The zero-order chi connectivity index (χ0) is 47.3. The number of nitrogens with one attached hydrogen (secondary N) is 1. The largest absolute Gasteiger partial charge is 0.394 e. The van der Waals surface area contributed by atoms with E-state index in [9.17, 15) is 30.3 Å². The lowest BCUT2D eigenvalue weighted by Gasteiger charge is -2.40. The quantitative estimate of drug-likeness (QED) is 0.0261. The van der Waals surface area contributed by atoms with Crippen LogP contribution >= 0.6 is 0 Å². The van der Waals surface area contributed by atoms with Crippen LogP contribution in [0.1, 0.15) is 219 Å². The Balaban J connectivity index is 2.30. The van der Waals surface area contributed by atoms with Gasteiger partial charge in [0.15, 0.2) is 6.29 Å². The normalized spacial score (nSPS) is 20.5. The summed E-state index contributed by atoms with van der Waals surface area (Å²) in [5.74, 6) is -0.197. The van der Waals surface area contributed by atoms with E-state index in [1.807, 2.05) is 6.08 Å². The zero-order valence-electron chi connectivity index (χ0n) is 41.5. The summed E-state index contributed by atoms with van der Waals surface area (Å²) in [6.07, 6.45) is 55.2. The van der Waals surface area contributed by atoms with Gasteiger partial charge in [0, 0.05) is 6.42 Å². The van der Waals surface area contributed by atoms with Crippen LogP contribution in [0.3, 0.4) is 0 Å². The summed E-state index contributed by atoms with van der Waals surface area (Å²) in [4.78, 5) is 13.0. The minimum atomic E-state index is -1.58. The first-order valence-corrected chi connectivity index (χ1v) is 26.7. The van der Waals surface area contributed by atoms with Gasteiger partial charge in [-0.2, -0.15) is 0 Å². The van der Waals surface area contributed by atoms with Gasteiger partial charge < -0.3 is 40.3 Å². The molecule has 0 bridgehead atoms. The number of ether oxygens (including phenoxy) is 2. The Morgan fingerprint density at radius 3 is 1.40 bits per heavy atom. The summed E-state index contributed by atoms with van der Waals surface area (Å²) in [6.45, 7) is 3.73. The average molecular weight is 914 g/mol. The maximum absolute atomic E-state index is 13.0. The topological polar surface area (TPSA) is 149 Å². The third-order valence-corrected chi connectivity index (χ3v) is 12.2. The van der Waals surface area contributed by atoms with Crippen LogP contribution in [0.5, 0.6) is 0 Å². The maximum atomic E-state index is 13.0. The molecule has 65 heavy (non-hydrogen) atoms. The fraction of sp³-hybridized carbons (Fsp3) is 0.768. The molecule has 9 nitrogen and oxygen atoms in total. The summed E-state index contributed by atoms with van der Waals surface area (Å²) < 4.78 is 11.2. The molecule has 1 aliphatic heterocycles. The molecule has 0 aromatic carbocycles. The number of aliphatic hydroxyl groups is 5. The van der Waals surface area contributed by atoms with E-state index in [1.54, 1.807) is 6.08 Å². The van der Waals surface area contributed by atoms with Gasteiger partial charge in [-0.25, -0.2) is 0 Å². The molecule has 0 aliphatic carbocycles. The monoisotopic (exact) mass is 914 g/mol. The predicted octanol–water partition coefficient (Wildman–Crippen LogP) is 12.5. The van der Waals surface area contributed by atoms with Crippen LogP contribution in [0.2, 0.25) is 0 Å². The molecule has 1 saturated heterocycles.